The minimum atomic E-state index is -0.418. The van der Waals surface area contributed by atoms with E-state index in [2.05, 4.69) is 9.97 Å². The highest BCUT2D eigenvalue weighted by Crippen LogP contribution is 2.29. The number of hydrogen-bond donors (Lipinski definition) is 4. The number of pyridine rings is 2. The van der Waals surface area contributed by atoms with Crippen LogP contribution in [0, 0.1) is 0 Å². The molecule has 0 unspecified atom stereocenters. The number of aromatic nitrogens is 2. The molecule has 2 aromatic heterocycles. The summed E-state index contributed by atoms with van der Waals surface area (Å²) in [5, 5.41) is 18.4. The number of benzene rings is 2. The molecule has 0 aliphatic carbocycles. The predicted octanol–water partition coefficient (Wildman–Crippen LogP) is 3.71. The Morgan fingerprint density at radius 2 is 0.971 bits per heavy atom. The molecule has 0 saturated carbocycles. The van der Waals surface area contributed by atoms with Crippen molar-refractivity contribution in [2.75, 3.05) is 13.2 Å². The first-order chi connectivity index (χ1) is 16.6. The summed E-state index contributed by atoms with van der Waals surface area (Å²) >= 11 is 0. The molecule has 0 radical (unpaired) electrons. The second kappa shape index (κ2) is 10.9. The van der Waals surface area contributed by atoms with Crippen molar-refractivity contribution in [2.24, 2.45) is 11.5 Å². The normalized spacial score (nSPS) is 12.7. The Labute approximate surface area is 197 Å². The van der Waals surface area contributed by atoms with Gasteiger partial charge in [-0.3, -0.25) is 9.97 Å². The van der Waals surface area contributed by atoms with E-state index in [1.807, 2.05) is 24.3 Å². The Morgan fingerprint density at radius 3 is 1.32 bits per heavy atom. The van der Waals surface area contributed by atoms with E-state index in [4.69, 9.17) is 20.9 Å². The standard InChI is InChI=1S/C26H26N4O4/c27-23(15-31)17-1-5-19(6-2-17)33-21-9-11-29-25(13-21)26-14-22(10-12-30-26)34-20-7-3-18(4-8-20)24(28)16-32/h1-14,23-24,31-32H,15-16,27-28H2/t23-,24-/m0/s1. The quantitative estimate of drug-likeness (QED) is 0.298. The van der Waals surface area contributed by atoms with Gasteiger partial charge in [0.05, 0.1) is 36.7 Å². The maximum Gasteiger partial charge on any atom is 0.131 e. The Morgan fingerprint density at radius 1 is 0.588 bits per heavy atom. The van der Waals surface area contributed by atoms with Crippen LogP contribution in [0.2, 0.25) is 0 Å². The van der Waals surface area contributed by atoms with E-state index in [9.17, 15) is 10.2 Å². The Kier molecular flexibility index (Phi) is 7.46. The van der Waals surface area contributed by atoms with Gasteiger partial charge in [0.25, 0.3) is 0 Å². The van der Waals surface area contributed by atoms with Crippen molar-refractivity contribution in [3.63, 3.8) is 0 Å². The summed E-state index contributed by atoms with van der Waals surface area (Å²) in [6.45, 7) is -0.236. The number of nitrogens with two attached hydrogens (primary N) is 2. The monoisotopic (exact) mass is 458 g/mol. The van der Waals surface area contributed by atoms with Crippen molar-refractivity contribution in [2.45, 2.75) is 12.1 Å². The number of aliphatic hydroxyl groups is 2. The summed E-state index contributed by atoms with van der Waals surface area (Å²) in [6, 6.07) is 20.8. The Bertz CT molecular complexity index is 1120. The molecular weight excluding hydrogens is 432 g/mol. The molecule has 0 saturated heterocycles. The maximum atomic E-state index is 9.18. The summed E-state index contributed by atoms with van der Waals surface area (Å²) in [6.07, 6.45) is 3.30. The minimum Gasteiger partial charge on any atom is -0.457 e. The molecule has 8 heteroatoms. The van der Waals surface area contributed by atoms with Gasteiger partial charge in [-0.25, -0.2) is 0 Å². The van der Waals surface area contributed by atoms with Crippen LogP contribution in [-0.4, -0.2) is 33.4 Å². The molecule has 4 rings (SSSR count). The third-order valence-electron chi connectivity index (χ3n) is 5.21. The van der Waals surface area contributed by atoms with Gasteiger partial charge < -0.3 is 31.2 Å². The zero-order valence-corrected chi connectivity index (χ0v) is 18.4. The van der Waals surface area contributed by atoms with Gasteiger partial charge in [0.15, 0.2) is 0 Å². The van der Waals surface area contributed by atoms with Gasteiger partial charge in [-0.2, -0.15) is 0 Å². The average molecular weight is 459 g/mol. The lowest BCUT2D eigenvalue weighted by Crippen LogP contribution is -2.14. The number of hydrogen-bond acceptors (Lipinski definition) is 8. The van der Waals surface area contributed by atoms with E-state index < -0.39 is 12.1 Å². The van der Waals surface area contributed by atoms with Gasteiger partial charge in [-0.05, 0) is 47.5 Å². The lowest BCUT2D eigenvalue weighted by atomic mass is 10.1. The SMILES string of the molecule is N[C@@H](CO)c1ccc(Oc2ccnc(-c3cc(Oc4ccc([C@@H](N)CO)cc4)ccn3)c2)cc1. The van der Waals surface area contributed by atoms with Gasteiger partial charge in [-0.15, -0.1) is 0 Å². The molecular formula is C26H26N4O4. The van der Waals surface area contributed by atoms with E-state index in [-0.39, 0.29) is 13.2 Å². The van der Waals surface area contributed by atoms with Gasteiger partial charge in [0.2, 0.25) is 0 Å². The van der Waals surface area contributed by atoms with Gasteiger partial charge >= 0.3 is 0 Å². The zero-order chi connectivity index (χ0) is 23.9. The third-order valence-corrected chi connectivity index (χ3v) is 5.21. The third kappa shape index (κ3) is 5.75. The van der Waals surface area contributed by atoms with E-state index in [1.54, 1.807) is 60.9 Å². The lowest BCUT2D eigenvalue weighted by molar-refractivity contribution is 0.267. The molecule has 0 bridgehead atoms. The van der Waals surface area contributed by atoms with E-state index in [0.29, 0.717) is 34.4 Å². The topological polar surface area (TPSA) is 137 Å². The van der Waals surface area contributed by atoms with Crippen molar-refractivity contribution < 1.29 is 19.7 Å². The molecule has 174 valence electrons. The molecule has 34 heavy (non-hydrogen) atoms. The van der Waals surface area contributed by atoms with Crippen molar-refractivity contribution in [3.05, 3.63) is 96.3 Å². The first-order valence-corrected chi connectivity index (χ1v) is 10.8. The number of aliphatic hydroxyl groups excluding tert-OH is 2. The average Bonchev–Trinajstić information content (AvgIpc) is 2.89. The van der Waals surface area contributed by atoms with Crippen LogP contribution in [0.5, 0.6) is 23.0 Å². The highest BCUT2D eigenvalue weighted by molar-refractivity contribution is 5.58. The van der Waals surface area contributed by atoms with Crippen LogP contribution in [0.3, 0.4) is 0 Å². The fourth-order valence-electron chi connectivity index (χ4n) is 3.28. The van der Waals surface area contributed by atoms with Crippen LogP contribution in [-0.2, 0) is 0 Å². The van der Waals surface area contributed by atoms with E-state index in [0.717, 1.165) is 11.1 Å². The number of rotatable bonds is 9. The van der Waals surface area contributed by atoms with Crippen LogP contribution in [0.15, 0.2) is 85.2 Å². The zero-order valence-electron chi connectivity index (χ0n) is 18.4. The molecule has 6 N–H and O–H groups in total. The van der Waals surface area contributed by atoms with Crippen molar-refractivity contribution in [1.29, 1.82) is 0 Å². The largest absolute Gasteiger partial charge is 0.457 e. The summed E-state index contributed by atoms with van der Waals surface area (Å²) in [5.41, 5.74) is 14.6. The van der Waals surface area contributed by atoms with E-state index in [1.165, 1.54) is 0 Å². The second-order valence-corrected chi connectivity index (χ2v) is 7.67. The van der Waals surface area contributed by atoms with Crippen molar-refractivity contribution in [3.8, 4) is 34.4 Å². The van der Waals surface area contributed by atoms with Crippen LogP contribution in [0.25, 0.3) is 11.4 Å². The van der Waals surface area contributed by atoms with Crippen LogP contribution < -0.4 is 20.9 Å². The number of nitrogens with zero attached hydrogens (tertiary/aromatic N) is 2. The van der Waals surface area contributed by atoms with Crippen molar-refractivity contribution >= 4 is 0 Å². The summed E-state index contributed by atoms with van der Waals surface area (Å²) in [5.74, 6) is 2.49. The van der Waals surface area contributed by atoms with Gasteiger partial charge in [0.1, 0.15) is 23.0 Å². The molecule has 0 aliphatic rings. The van der Waals surface area contributed by atoms with Crippen LogP contribution in [0.1, 0.15) is 23.2 Å². The maximum absolute atomic E-state index is 9.18. The first-order valence-electron chi connectivity index (χ1n) is 10.8. The molecule has 0 amide bonds. The molecule has 2 atom stereocenters. The predicted molar refractivity (Wildman–Crippen MR) is 129 cm³/mol. The Balaban J connectivity index is 1.47. The summed E-state index contributed by atoms with van der Waals surface area (Å²) < 4.78 is 11.9. The molecule has 4 aromatic rings. The van der Waals surface area contributed by atoms with E-state index >= 15 is 0 Å². The highest BCUT2D eigenvalue weighted by Gasteiger charge is 2.09. The smallest absolute Gasteiger partial charge is 0.131 e. The molecule has 2 aromatic carbocycles. The number of ether oxygens (including phenoxy) is 2. The molecule has 0 spiro atoms. The molecule has 2 heterocycles. The molecule has 0 fully saturated rings. The minimum absolute atomic E-state index is 0.118. The lowest BCUT2D eigenvalue weighted by Gasteiger charge is -2.11. The fourth-order valence-corrected chi connectivity index (χ4v) is 3.28. The molecule has 0 aliphatic heterocycles. The van der Waals surface area contributed by atoms with Crippen LogP contribution >= 0.6 is 0 Å². The Hall–Kier alpha value is -3.82. The fraction of sp³-hybridized carbons (Fsp3) is 0.154. The van der Waals surface area contributed by atoms with Gasteiger partial charge in [-0.1, -0.05) is 24.3 Å². The summed E-state index contributed by atoms with van der Waals surface area (Å²) in [7, 11) is 0. The van der Waals surface area contributed by atoms with Crippen molar-refractivity contribution in [1.82, 2.24) is 9.97 Å². The summed E-state index contributed by atoms with van der Waals surface area (Å²) in [4.78, 5) is 8.82. The van der Waals surface area contributed by atoms with Gasteiger partial charge in [0, 0.05) is 24.5 Å². The first kappa shape index (κ1) is 23.3. The van der Waals surface area contributed by atoms with Crippen LogP contribution in [0.4, 0.5) is 0 Å². The second-order valence-electron chi connectivity index (χ2n) is 7.67. The molecule has 8 nitrogen and oxygen atoms in total. The highest BCUT2D eigenvalue weighted by atomic mass is 16.5.